The van der Waals surface area contributed by atoms with Crippen molar-refractivity contribution in [3.63, 3.8) is 0 Å². The topological polar surface area (TPSA) is 96.9 Å². The highest BCUT2D eigenvalue weighted by molar-refractivity contribution is 5.98. The van der Waals surface area contributed by atoms with E-state index in [9.17, 15) is 4.79 Å². The maximum absolute atomic E-state index is 12.2. The molecule has 1 unspecified atom stereocenters. The van der Waals surface area contributed by atoms with Gasteiger partial charge in [0.2, 0.25) is 0 Å². The molecule has 6 heteroatoms. The van der Waals surface area contributed by atoms with Gasteiger partial charge in [0.05, 0.1) is 19.3 Å². The Morgan fingerprint density at radius 3 is 2.75 bits per heavy atom. The van der Waals surface area contributed by atoms with E-state index in [1.165, 1.54) is 0 Å². The third-order valence-electron chi connectivity index (χ3n) is 3.37. The number of nitrogens with zero attached hydrogens (tertiary/aromatic N) is 1. The van der Waals surface area contributed by atoms with E-state index in [4.69, 9.17) is 15.7 Å². The van der Waals surface area contributed by atoms with E-state index in [0.29, 0.717) is 18.8 Å². The fourth-order valence-electron chi connectivity index (χ4n) is 2.18. The van der Waals surface area contributed by atoms with Crippen LogP contribution in [0.3, 0.4) is 0 Å². The lowest BCUT2D eigenvalue weighted by Gasteiger charge is -2.21. The number of hydrogen-bond donors (Lipinski definition) is 3. The monoisotopic (exact) mass is 277 g/mol. The molecule has 1 atom stereocenters. The average molecular weight is 277 g/mol. The Morgan fingerprint density at radius 2 is 2.10 bits per heavy atom. The second-order valence-corrected chi connectivity index (χ2v) is 5.20. The summed E-state index contributed by atoms with van der Waals surface area (Å²) in [6, 6.07) is 4.97. The molecular weight excluding hydrogens is 258 g/mol. The van der Waals surface area contributed by atoms with Crippen LogP contribution in [0.4, 0.5) is 0 Å². The minimum absolute atomic E-state index is 0.00200. The highest BCUT2D eigenvalue weighted by Crippen LogP contribution is 2.21. The maximum Gasteiger partial charge on any atom is 0.251 e. The van der Waals surface area contributed by atoms with Crippen molar-refractivity contribution in [3.05, 3.63) is 34.9 Å². The van der Waals surface area contributed by atoms with E-state index in [1.807, 2.05) is 26.0 Å². The molecule has 0 saturated heterocycles. The molecule has 4 N–H and O–H groups in total. The maximum atomic E-state index is 12.2. The van der Waals surface area contributed by atoms with Crippen molar-refractivity contribution in [2.45, 2.75) is 33.1 Å². The van der Waals surface area contributed by atoms with Crippen molar-refractivity contribution in [2.75, 3.05) is 0 Å². The molecule has 1 aliphatic rings. The van der Waals surface area contributed by atoms with Gasteiger partial charge in [-0.1, -0.05) is 25.1 Å². The number of hydrogen-bond acceptors (Lipinski definition) is 4. The average Bonchev–Trinajstić information content (AvgIpc) is 2.90. The SMILES string of the molecule is CC(C)C(NC(=O)c1ccc2c(c1)COC2)C(N)=NO. The third kappa shape index (κ3) is 2.91. The first-order chi connectivity index (χ1) is 9.52. The number of nitrogens with one attached hydrogen (secondary N) is 1. The summed E-state index contributed by atoms with van der Waals surface area (Å²) in [4.78, 5) is 12.2. The number of carbonyl (C=O) groups is 1. The minimum Gasteiger partial charge on any atom is -0.409 e. The molecule has 1 aromatic carbocycles. The summed E-state index contributed by atoms with van der Waals surface area (Å²) in [6.07, 6.45) is 0. The third-order valence-corrected chi connectivity index (χ3v) is 3.37. The van der Waals surface area contributed by atoms with E-state index >= 15 is 0 Å². The number of carbonyl (C=O) groups excluding carboxylic acids is 1. The van der Waals surface area contributed by atoms with E-state index in [2.05, 4.69) is 10.5 Å². The normalized spacial score (nSPS) is 16.1. The molecule has 1 aromatic rings. The standard InChI is InChI=1S/C14H19N3O3/c1-8(2)12(13(15)17-19)16-14(18)9-3-4-10-6-20-7-11(10)5-9/h3-5,8,12,19H,6-7H2,1-2H3,(H2,15,17)(H,16,18). The summed E-state index contributed by atoms with van der Waals surface area (Å²) >= 11 is 0. The lowest BCUT2D eigenvalue weighted by molar-refractivity contribution is 0.0938. The smallest absolute Gasteiger partial charge is 0.251 e. The Kier molecular flexibility index (Phi) is 4.24. The fourth-order valence-corrected chi connectivity index (χ4v) is 2.18. The first-order valence-electron chi connectivity index (χ1n) is 6.50. The minimum atomic E-state index is -0.503. The van der Waals surface area contributed by atoms with Crippen LogP contribution in [0.25, 0.3) is 0 Å². The summed E-state index contributed by atoms with van der Waals surface area (Å²) in [5.41, 5.74) is 8.29. The van der Waals surface area contributed by atoms with Gasteiger partial charge < -0.3 is 21.0 Å². The molecule has 108 valence electrons. The Bertz CT molecular complexity index is 540. The summed E-state index contributed by atoms with van der Waals surface area (Å²) in [6.45, 7) is 4.90. The molecule has 1 heterocycles. The largest absolute Gasteiger partial charge is 0.409 e. The van der Waals surface area contributed by atoms with Gasteiger partial charge in [0, 0.05) is 5.56 Å². The summed E-state index contributed by atoms with van der Waals surface area (Å²) < 4.78 is 5.32. The van der Waals surface area contributed by atoms with Gasteiger partial charge in [-0.15, -0.1) is 0 Å². The van der Waals surface area contributed by atoms with Crippen molar-refractivity contribution in [2.24, 2.45) is 16.8 Å². The van der Waals surface area contributed by atoms with Gasteiger partial charge in [-0.25, -0.2) is 0 Å². The van der Waals surface area contributed by atoms with Crippen molar-refractivity contribution >= 4 is 11.7 Å². The zero-order valence-corrected chi connectivity index (χ0v) is 11.6. The first-order valence-corrected chi connectivity index (χ1v) is 6.50. The van der Waals surface area contributed by atoms with Gasteiger partial charge in [-0.3, -0.25) is 4.79 Å². The van der Waals surface area contributed by atoms with Crippen LogP contribution in [-0.4, -0.2) is 23.0 Å². The fraction of sp³-hybridized carbons (Fsp3) is 0.429. The number of rotatable bonds is 4. The number of ether oxygens (including phenoxy) is 1. The number of amidine groups is 1. The van der Waals surface area contributed by atoms with E-state index in [0.717, 1.165) is 11.1 Å². The van der Waals surface area contributed by atoms with Crippen molar-refractivity contribution < 1.29 is 14.7 Å². The van der Waals surface area contributed by atoms with Crippen molar-refractivity contribution in [1.29, 1.82) is 0 Å². The van der Waals surface area contributed by atoms with Crippen LogP contribution in [-0.2, 0) is 18.0 Å². The molecule has 1 amide bonds. The lowest BCUT2D eigenvalue weighted by Crippen LogP contribution is -2.47. The second-order valence-electron chi connectivity index (χ2n) is 5.20. The molecule has 0 saturated carbocycles. The summed E-state index contributed by atoms with van der Waals surface area (Å²) in [7, 11) is 0. The van der Waals surface area contributed by atoms with Gasteiger partial charge >= 0.3 is 0 Å². The molecule has 20 heavy (non-hydrogen) atoms. The summed E-state index contributed by atoms with van der Waals surface area (Å²) in [5, 5.41) is 14.5. The predicted molar refractivity (Wildman–Crippen MR) is 74.4 cm³/mol. The summed E-state index contributed by atoms with van der Waals surface area (Å²) in [5.74, 6) is -0.226. The number of nitrogens with two attached hydrogens (primary N) is 1. The first kappa shape index (κ1) is 14.3. The van der Waals surface area contributed by atoms with Gasteiger partial charge in [-0.2, -0.15) is 0 Å². The number of amides is 1. The molecule has 0 aliphatic carbocycles. The number of benzene rings is 1. The Labute approximate surface area is 117 Å². The van der Waals surface area contributed by atoms with Crippen molar-refractivity contribution in [1.82, 2.24) is 5.32 Å². The molecule has 0 aromatic heterocycles. The van der Waals surface area contributed by atoms with Crippen LogP contribution >= 0.6 is 0 Å². The van der Waals surface area contributed by atoms with Crippen molar-refractivity contribution in [3.8, 4) is 0 Å². The Morgan fingerprint density at radius 1 is 1.40 bits per heavy atom. The zero-order valence-electron chi connectivity index (χ0n) is 11.6. The molecular formula is C14H19N3O3. The van der Waals surface area contributed by atoms with Crippen LogP contribution in [0.2, 0.25) is 0 Å². The quantitative estimate of drug-likeness (QED) is 0.333. The van der Waals surface area contributed by atoms with E-state index in [1.54, 1.807) is 6.07 Å². The molecule has 0 bridgehead atoms. The van der Waals surface area contributed by atoms with Gasteiger partial charge in [0.15, 0.2) is 5.84 Å². The van der Waals surface area contributed by atoms with Crippen LogP contribution in [0.1, 0.15) is 35.3 Å². The molecule has 1 aliphatic heterocycles. The van der Waals surface area contributed by atoms with Crippen LogP contribution in [0.5, 0.6) is 0 Å². The molecule has 0 fully saturated rings. The molecule has 0 spiro atoms. The molecule has 6 nitrogen and oxygen atoms in total. The zero-order chi connectivity index (χ0) is 14.7. The van der Waals surface area contributed by atoms with Gasteiger partial charge in [0.1, 0.15) is 0 Å². The van der Waals surface area contributed by atoms with Gasteiger partial charge in [-0.05, 0) is 29.2 Å². The highest BCUT2D eigenvalue weighted by Gasteiger charge is 2.22. The second kappa shape index (κ2) is 5.92. The number of oxime groups is 1. The van der Waals surface area contributed by atoms with Crippen LogP contribution in [0, 0.1) is 5.92 Å². The lowest BCUT2D eigenvalue weighted by atomic mass is 10.0. The predicted octanol–water partition coefficient (Wildman–Crippen LogP) is 1.22. The van der Waals surface area contributed by atoms with Crippen LogP contribution in [0.15, 0.2) is 23.4 Å². The Balaban J connectivity index is 2.15. The van der Waals surface area contributed by atoms with Crippen LogP contribution < -0.4 is 11.1 Å². The molecule has 2 rings (SSSR count). The van der Waals surface area contributed by atoms with E-state index in [-0.39, 0.29) is 17.7 Å². The van der Waals surface area contributed by atoms with Gasteiger partial charge in [0.25, 0.3) is 5.91 Å². The molecule has 0 radical (unpaired) electrons. The van der Waals surface area contributed by atoms with E-state index < -0.39 is 6.04 Å². The highest BCUT2D eigenvalue weighted by atomic mass is 16.5. The number of fused-ring (bicyclic) bond motifs is 1. The Hall–Kier alpha value is -2.08.